The van der Waals surface area contributed by atoms with E-state index < -0.39 is 5.69 Å². The van der Waals surface area contributed by atoms with Crippen LogP contribution in [0.2, 0.25) is 0 Å². The highest BCUT2D eigenvalue weighted by Gasteiger charge is 2.16. The van der Waals surface area contributed by atoms with Crippen molar-refractivity contribution in [2.45, 2.75) is 27.7 Å². The van der Waals surface area contributed by atoms with Gasteiger partial charge in [-0.05, 0) is 39.3 Å². The Labute approximate surface area is 130 Å². The highest BCUT2D eigenvalue weighted by molar-refractivity contribution is 5.93. The molecule has 1 N–H and O–H groups in total. The number of aromatic nitrogens is 2. The fourth-order valence-electron chi connectivity index (χ4n) is 2.49. The zero-order valence-corrected chi connectivity index (χ0v) is 13.4. The molecule has 0 radical (unpaired) electrons. The van der Waals surface area contributed by atoms with E-state index >= 15 is 0 Å². The van der Waals surface area contributed by atoms with Crippen molar-refractivity contribution >= 4 is 5.91 Å². The monoisotopic (exact) mass is 299 g/mol. The first-order chi connectivity index (χ1) is 10.5. The Morgan fingerprint density at radius 1 is 1.18 bits per heavy atom. The Balaban J connectivity index is 2.51. The van der Waals surface area contributed by atoms with Crippen molar-refractivity contribution in [2.75, 3.05) is 13.1 Å². The number of benzene rings is 1. The lowest BCUT2D eigenvalue weighted by Gasteiger charge is -2.18. The van der Waals surface area contributed by atoms with E-state index in [2.05, 4.69) is 9.97 Å². The molecule has 1 aromatic carbocycles. The maximum atomic E-state index is 12.4. The third-order valence-corrected chi connectivity index (χ3v) is 3.68. The summed E-state index contributed by atoms with van der Waals surface area (Å²) in [4.78, 5) is 32.4. The fraction of sp³-hybridized carbons (Fsp3) is 0.353. The number of carbonyl (C=O) groups excluding carboxylic acids is 1. The number of rotatable bonds is 4. The molecule has 0 saturated heterocycles. The summed E-state index contributed by atoms with van der Waals surface area (Å²) in [5, 5.41) is 0. The minimum atomic E-state index is -0.506. The smallest absolute Gasteiger partial charge is 0.338 e. The molecule has 0 fully saturated rings. The highest BCUT2D eigenvalue weighted by Crippen LogP contribution is 2.22. The van der Waals surface area contributed by atoms with Gasteiger partial charge in [-0.25, -0.2) is 4.79 Å². The van der Waals surface area contributed by atoms with E-state index in [4.69, 9.17) is 0 Å². The lowest BCUT2D eigenvalue weighted by atomic mass is 10.0. The molecule has 116 valence electrons. The number of nitrogens with zero attached hydrogens (tertiary/aromatic N) is 2. The van der Waals surface area contributed by atoms with Crippen LogP contribution in [0.5, 0.6) is 0 Å². The van der Waals surface area contributed by atoms with E-state index in [-0.39, 0.29) is 11.6 Å². The number of aryl methyl sites for hydroxylation is 2. The van der Waals surface area contributed by atoms with E-state index in [0.29, 0.717) is 18.8 Å². The Kier molecular flexibility index (Phi) is 4.75. The van der Waals surface area contributed by atoms with Gasteiger partial charge in [0.2, 0.25) is 0 Å². The molecular weight excluding hydrogens is 278 g/mol. The molecule has 0 unspecified atom stereocenters. The number of aromatic amines is 1. The minimum Gasteiger partial charge on any atom is -0.338 e. The van der Waals surface area contributed by atoms with Gasteiger partial charge < -0.3 is 9.88 Å². The maximum absolute atomic E-state index is 12.4. The normalized spacial score (nSPS) is 10.5. The van der Waals surface area contributed by atoms with E-state index in [1.165, 1.54) is 0 Å². The average molecular weight is 299 g/mol. The zero-order chi connectivity index (χ0) is 16.3. The van der Waals surface area contributed by atoms with Gasteiger partial charge in [0.15, 0.2) is 0 Å². The number of carbonyl (C=O) groups is 1. The van der Waals surface area contributed by atoms with Crippen molar-refractivity contribution in [3.63, 3.8) is 0 Å². The number of nitrogens with one attached hydrogen (secondary N) is 1. The number of hydrogen-bond acceptors (Lipinski definition) is 3. The van der Waals surface area contributed by atoms with Crippen molar-refractivity contribution in [3.8, 4) is 11.3 Å². The predicted molar refractivity (Wildman–Crippen MR) is 87.0 cm³/mol. The molecule has 22 heavy (non-hydrogen) atoms. The molecule has 5 nitrogen and oxygen atoms in total. The van der Waals surface area contributed by atoms with Crippen LogP contribution in [0.4, 0.5) is 0 Å². The first kappa shape index (κ1) is 15.9. The lowest BCUT2D eigenvalue weighted by Crippen LogP contribution is -2.32. The standard InChI is InChI=1S/C17H21N3O2/c1-5-20(6-2)16(21)15-10-14(18-17(22)19-15)13-8-7-11(3)9-12(13)4/h7-10H,5-6H2,1-4H3,(H,18,19,22). The molecular formula is C17H21N3O2. The van der Waals surface area contributed by atoms with Crippen molar-refractivity contribution in [3.05, 3.63) is 51.6 Å². The van der Waals surface area contributed by atoms with Crippen LogP contribution in [0.3, 0.4) is 0 Å². The topological polar surface area (TPSA) is 66.1 Å². The lowest BCUT2D eigenvalue weighted by molar-refractivity contribution is 0.0766. The second kappa shape index (κ2) is 6.56. The molecule has 0 atom stereocenters. The van der Waals surface area contributed by atoms with Crippen molar-refractivity contribution in [2.24, 2.45) is 0 Å². The summed E-state index contributed by atoms with van der Waals surface area (Å²) < 4.78 is 0. The van der Waals surface area contributed by atoms with Crippen LogP contribution in [-0.4, -0.2) is 33.9 Å². The van der Waals surface area contributed by atoms with Gasteiger partial charge in [-0.1, -0.05) is 23.8 Å². The molecule has 1 aromatic heterocycles. The van der Waals surface area contributed by atoms with E-state index in [0.717, 1.165) is 16.7 Å². The summed E-state index contributed by atoms with van der Waals surface area (Å²) in [5.74, 6) is -0.185. The van der Waals surface area contributed by atoms with E-state index in [1.807, 2.05) is 45.9 Å². The summed E-state index contributed by atoms with van der Waals surface area (Å²) in [7, 11) is 0. The molecule has 0 bridgehead atoms. The molecule has 1 heterocycles. The summed E-state index contributed by atoms with van der Waals surface area (Å²) in [6.45, 7) is 8.99. The second-order valence-electron chi connectivity index (χ2n) is 5.28. The summed E-state index contributed by atoms with van der Waals surface area (Å²) in [6, 6.07) is 7.58. The summed E-state index contributed by atoms with van der Waals surface area (Å²) >= 11 is 0. The van der Waals surface area contributed by atoms with Gasteiger partial charge in [0, 0.05) is 18.7 Å². The summed E-state index contributed by atoms with van der Waals surface area (Å²) in [5.41, 5.74) is 3.33. The third-order valence-electron chi connectivity index (χ3n) is 3.68. The van der Waals surface area contributed by atoms with Crippen LogP contribution in [0.1, 0.15) is 35.5 Å². The molecule has 0 saturated carbocycles. The average Bonchev–Trinajstić information content (AvgIpc) is 2.47. The molecule has 5 heteroatoms. The number of amides is 1. The van der Waals surface area contributed by atoms with Gasteiger partial charge in [0.05, 0.1) is 5.69 Å². The van der Waals surface area contributed by atoms with Crippen LogP contribution >= 0.6 is 0 Å². The van der Waals surface area contributed by atoms with Gasteiger partial charge in [-0.15, -0.1) is 0 Å². The van der Waals surface area contributed by atoms with Gasteiger partial charge in [0.1, 0.15) is 5.69 Å². The minimum absolute atomic E-state index is 0.185. The van der Waals surface area contributed by atoms with Crippen LogP contribution in [-0.2, 0) is 0 Å². The van der Waals surface area contributed by atoms with Crippen LogP contribution in [0.25, 0.3) is 11.3 Å². The van der Waals surface area contributed by atoms with Crippen molar-refractivity contribution < 1.29 is 4.79 Å². The Bertz CT molecular complexity index is 746. The molecule has 0 aliphatic carbocycles. The molecule has 0 spiro atoms. The van der Waals surface area contributed by atoms with Gasteiger partial charge >= 0.3 is 5.69 Å². The molecule has 0 aliphatic heterocycles. The molecule has 0 aliphatic rings. The Morgan fingerprint density at radius 3 is 2.45 bits per heavy atom. The Morgan fingerprint density at radius 2 is 1.86 bits per heavy atom. The first-order valence-corrected chi connectivity index (χ1v) is 7.44. The fourth-order valence-corrected chi connectivity index (χ4v) is 2.49. The second-order valence-corrected chi connectivity index (χ2v) is 5.28. The molecule has 2 aromatic rings. The van der Waals surface area contributed by atoms with Crippen molar-refractivity contribution in [1.29, 1.82) is 0 Å². The van der Waals surface area contributed by atoms with Crippen LogP contribution in [0, 0.1) is 13.8 Å². The summed E-state index contributed by atoms with van der Waals surface area (Å²) in [6.07, 6.45) is 0. The quantitative estimate of drug-likeness (QED) is 0.943. The van der Waals surface area contributed by atoms with Gasteiger partial charge in [0.25, 0.3) is 5.91 Å². The predicted octanol–water partition coefficient (Wildman–Crippen LogP) is 2.54. The van der Waals surface area contributed by atoms with Crippen molar-refractivity contribution in [1.82, 2.24) is 14.9 Å². The largest absolute Gasteiger partial charge is 0.346 e. The number of H-pyrrole nitrogens is 1. The third kappa shape index (κ3) is 3.24. The molecule has 1 amide bonds. The van der Waals surface area contributed by atoms with Gasteiger partial charge in [-0.2, -0.15) is 4.98 Å². The van der Waals surface area contributed by atoms with E-state index in [9.17, 15) is 9.59 Å². The van der Waals surface area contributed by atoms with Crippen LogP contribution in [0.15, 0.2) is 29.1 Å². The first-order valence-electron chi connectivity index (χ1n) is 7.44. The maximum Gasteiger partial charge on any atom is 0.346 e. The van der Waals surface area contributed by atoms with Crippen LogP contribution < -0.4 is 5.69 Å². The zero-order valence-electron chi connectivity index (χ0n) is 13.4. The van der Waals surface area contributed by atoms with E-state index in [1.54, 1.807) is 11.0 Å². The number of hydrogen-bond donors (Lipinski definition) is 1. The Hall–Kier alpha value is -2.43. The molecule has 2 rings (SSSR count). The van der Waals surface area contributed by atoms with Gasteiger partial charge in [-0.3, -0.25) is 4.79 Å². The SMILES string of the molecule is CCN(CC)C(=O)c1cc(-c2ccc(C)cc2C)nc(=O)[nH]1. The highest BCUT2D eigenvalue weighted by atomic mass is 16.2.